The number of carbonyl (C=O) groups is 2. The van der Waals surface area contributed by atoms with Crippen LogP contribution in [0.5, 0.6) is 0 Å². The Hall–Kier alpha value is -3.55. The largest absolute Gasteiger partial charge is 0.467 e. The van der Waals surface area contributed by atoms with E-state index < -0.39 is 17.9 Å². The highest BCUT2D eigenvalue weighted by atomic mass is 16.5. The fraction of sp³-hybridized carbons (Fsp3) is 0.167. The fourth-order valence-electron chi connectivity index (χ4n) is 2.56. The third-order valence-corrected chi connectivity index (χ3v) is 3.82. The second-order valence-corrected chi connectivity index (χ2v) is 5.51. The predicted molar refractivity (Wildman–Crippen MR) is 92.6 cm³/mol. The summed E-state index contributed by atoms with van der Waals surface area (Å²) in [6, 6.07) is 15.5. The second-order valence-electron chi connectivity index (χ2n) is 5.51. The molecule has 0 saturated heterocycles. The predicted octanol–water partition coefficient (Wildman–Crippen LogP) is 1.18. The van der Waals surface area contributed by atoms with Gasteiger partial charge in [0.15, 0.2) is 0 Å². The molecule has 0 unspecified atom stereocenters. The van der Waals surface area contributed by atoms with Crippen molar-refractivity contribution in [2.75, 3.05) is 7.11 Å². The van der Waals surface area contributed by atoms with Crippen LogP contribution in [0, 0.1) is 0 Å². The van der Waals surface area contributed by atoms with E-state index in [4.69, 9.17) is 4.74 Å². The third-order valence-electron chi connectivity index (χ3n) is 3.82. The lowest BCUT2D eigenvalue weighted by Crippen LogP contribution is -2.43. The van der Waals surface area contributed by atoms with Crippen molar-refractivity contribution in [1.82, 2.24) is 25.5 Å². The van der Waals surface area contributed by atoms with Gasteiger partial charge in [0.05, 0.1) is 18.4 Å². The minimum absolute atomic E-state index is 0.326. The SMILES string of the molecule is COC(=O)[C@@H](Cc1ccccc1)NC(=O)c1ccccc1-n1cnnn1. The molecule has 2 aromatic carbocycles. The van der Waals surface area contributed by atoms with Crippen molar-refractivity contribution in [2.24, 2.45) is 0 Å². The Labute approximate surface area is 149 Å². The smallest absolute Gasteiger partial charge is 0.328 e. The topological polar surface area (TPSA) is 99.0 Å². The van der Waals surface area contributed by atoms with Crippen LogP contribution >= 0.6 is 0 Å². The summed E-state index contributed by atoms with van der Waals surface area (Å²) in [6.07, 6.45) is 1.72. The van der Waals surface area contributed by atoms with Crippen LogP contribution in [-0.2, 0) is 16.0 Å². The van der Waals surface area contributed by atoms with E-state index in [2.05, 4.69) is 20.8 Å². The number of hydrogen-bond acceptors (Lipinski definition) is 6. The van der Waals surface area contributed by atoms with Crippen LogP contribution in [0.2, 0.25) is 0 Å². The zero-order chi connectivity index (χ0) is 18.4. The van der Waals surface area contributed by atoms with E-state index in [1.165, 1.54) is 18.1 Å². The van der Waals surface area contributed by atoms with Crippen molar-refractivity contribution < 1.29 is 14.3 Å². The molecule has 1 atom stereocenters. The van der Waals surface area contributed by atoms with Gasteiger partial charge >= 0.3 is 5.97 Å². The third kappa shape index (κ3) is 3.92. The molecule has 0 aliphatic carbocycles. The average Bonchev–Trinajstić information content (AvgIpc) is 3.22. The zero-order valence-electron chi connectivity index (χ0n) is 14.1. The summed E-state index contributed by atoms with van der Waals surface area (Å²) < 4.78 is 6.22. The molecule has 1 N–H and O–H groups in total. The van der Waals surface area contributed by atoms with Crippen LogP contribution in [0.1, 0.15) is 15.9 Å². The molecule has 0 saturated carbocycles. The number of hydrogen-bond donors (Lipinski definition) is 1. The summed E-state index contributed by atoms with van der Waals surface area (Å²) in [7, 11) is 1.29. The molecule has 1 aromatic heterocycles. The zero-order valence-corrected chi connectivity index (χ0v) is 14.1. The van der Waals surface area contributed by atoms with E-state index >= 15 is 0 Å². The lowest BCUT2D eigenvalue weighted by molar-refractivity contribution is -0.142. The van der Waals surface area contributed by atoms with E-state index in [1.807, 2.05) is 30.3 Å². The minimum Gasteiger partial charge on any atom is -0.467 e. The van der Waals surface area contributed by atoms with Gasteiger partial charge in [-0.2, -0.15) is 4.68 Å². The Kier molecular flexibility index (Phi) is 5.33. The normalized spacial score (nSPS) is 11.6. The monoisotopic (exact) mass is 351 g/mol. The maximum absolute atomic E-state index is 12.8. The van der Waals surface area contributed by atoms with E-state index in [0.717, 1.165) is 5.56 Å². The van der Waals surface area contributed by atoms with Crippen molar-refractivity contribution in [3.8, 4) is 5.69 Å². The lowest BCUT2D eigenvalue weighted by atomic mass is 10.1. The van der Waals surface area contributed by atoms with E-state index in [1.54, 1.807) is 24.3 Å². The summed E-state index contributed by atoms with van der Waals surface area (Å²) in [5, 5.41) is 13.7. The van der Waals surface area contributed by atoms with Gasteiger partial charge in [-0.3, -0.25) is 4.79 Å². The van der Waals surface area contributed by atoms with E-state index in [0.29, 0.717) is 17.7 Å². The summed E-state index contributed by atoms with van der Waals surface area (Å²) in [5.41, 5.74) is 1.78. The number of benzene rings is 2. The van der Waals surface area contributed by atoms with Gasteiger partial charge in [0.25, 0.3) is 5.91 Å². The molecule has 0 spiro atoms. The first-order valence-electron chi connectivity index (χ1n) is 7.94. The molecule has 1 heterocycles. The van der Waals surface area contributed by atoms with Crippen LogP contribution in [-0.4, -0.2) is 45.2 Å². The fourth-order valence-corrected chi connectivity index (χ4v) is 2.56. The molecule has 8 heteroatoms. The van der Waals surface area contributed by atoms with Gasteiger partial charge in [-0.25, -0.2) is 4.79 Å². The molecule has 1 amide bonds. The van der Waals surface area contributed by atoms with Crippen molar-refractivity contribution >= 4 is 11.9 Å². The first kappa shape index (κ1) is 17.3. The van der Waals surface area contributed by atoms with Crippen molar-refractivity contribution in [1.29, 1.82) is 0 Å². The summed E-state index contributed by atoms with van der Waals surface area (Å²) in [6.45, 7) is 0. The van der Waals surface area contributed by atoms with E-state index in [-0.39, 0.29) is 0 Å². The Morgan fingerprint density at radius 3 is 2.54 bits per heavy atom. The number of nitrogens with zero attached hydrogens (tertiary/aromatic N) is 4. The highest BCUT2D eigenvalue weighted by molar-refractivity contribution is 5.99. The number of tetrazole rings is 1. The van der Waals surface area contributed by atoms with Gasteiger partial charge in [-0.15, -0.1) is 5.10 Å². The van der Waals surface area contributed by atoms with Crippen LogP contribution in [0.4, 0.5) is 0 Å². The number of ether oxygens (including phenoxy) is 1. The molecule has 0 aliphatic rings. The van der Waals surface area contributed by atoms with Gasteiger partial charge in [0.2, 0.25) is 0 Å². The van der Waals surface area contributed by atoms with Crippen molar-refractivity contribution in [3.63, 3.8) is 0 Å². The van der Waals surface area contributed by atoms with Gasteiger partial charge in [-0.1, -0.05) is 42.5 Å². The highest BCUT2D eigenvalue weighted by Gasteiger charge is 2.24. The molecule has 3 rings (SSSR count). The van der Waals surface area contributed by atoms with Crippen molar-refractivity contribution in [2.45, 2.75) is 12.5 Å². The Morgan fingerprint density at radius 1 is 1.12 bits per heavy atom. The molecule has 132 valence electrons. The number of aromatic nitrogens is 4. The second kappa shape index (κ2) is 8.02. The first-order valence-corrected chi connectivity index (χ1v) is 7.94. The van der Waals surface area contributed by atoms with Gasteiger partial charge in [0.1, 0.15) is 12.4 Å². The summed E-state index contributed by atoms with van der Waals surface area (Å²) in [5.74, 6) is -0.926. The Balaban J connectivity index is 1.83. The molecule has 8 nitrogen and oxygen atoms in total. The molecule has 0 aliphatic heterocycles. The highest BCUT2D eigenvalue weighted by Crippen LogP contribution is 2.13. The maximum Gasteiger partial charge on any atom is 0.328 e. The van der Waals surface area contributed by atoms with E-state index in [9.17, 15) is 9.59 Å². The van der Waals surface area contributed by atoms with Crippen LogP contribution in [0.15, 0.2) is 60.9 Å². The first-order chi connectivity index (χ1) is 12.7. The Bertz CT molecular complexity index is 881. The van der Waals surface area contributed by atoms with Gasteiger partial charge < -0.3 is 10.1 Å². The van der Waals surface area contributed by atoms with Crippen molar-refractivity contribution in [3.05, 3.63) is 72.1 Å². The molecular weight excluding hydrogens is 334 g/mol. The quantitative estimate of drug-likeness (QED) is 0.670. The number of amides is 1. The molecule has 26 heavy (non-hydrogen) atoms. The number of methoxy groups -OCH3 is 1. The number of nitrogens with one attached hydrogen (secondary N) is 1. The summed E-state index contributed by atoms with van der Waals surface area (Å²) >= 11 is 0. The molecule has 3 aromatic rings. The van der Waals surface area contributed by atoms with Crippen LogP contribution in [0.3, 0.4) is 0 Å². The average molecular weight is 351 g/mol. The van der Waals surface area contributed by atoms with Crippen LogP contribution < -0.4 is 5.32 Å². The molecule has 0 bridgehead atoms. The standard InChI is InChI=1S/C18H17N5O3/c1-26-18(25)15(11-13-7-3-2-4-8-13)20-17(24)14-9-5-6-10-16(14)23-12-19-21-22-23/h2-10,12,15H,11H2,1H3,(H,20,24)/t15-/m1/s1. The Morgan fingerprint density at radius 2 is 1.85 bits per heavy atom. The maximum atomic E-state index is 12.8. The number of carbonyl (C=O) groups excluding carboxylic acids is 2. The molecular formula is C18H17N5O3. The minimum atomic E-state index is -0.808. The van der Waals surface area contributed by atoms with Crippen LogP contribution in [0.25, 0.3) is 5.69 Å². The lowest BCUT2D eigenvalue weighted by Gasteiger charge is -2.17. The molecule has 0 fully saturated rings. The van der Waals surface area contributed by atoms with Gasteiger partial charge in [-0.05, 0) is 28.1 Å². The molecule has 0 radical (unpaired) electrons. The number of esters is 1. The number of rotatable bonds is 6. The number of para-hydroxylation sites is 1. The van der Waals surface area contributed by atoms with Gasteiger partial charge in [0, 0.05) is 6.42 Å². The summed E-state index contributed by atoms with van der Waals surface area (Å²) in [4.78, 5) is 24.9.